The van der Waals surface area contributed by atoms with Gasteiger partial charge in [-0.25, -0.2) is 4.98 Å². The summed E-state index contributed by atoms with van der Waals surface area (Å²) in [5.41, 5.74) is 5.58. The van der Waals surface area contributed by atoms with Gasteiger partial charge >= 0.3 is 0 Å². The average Bonchev–Trinajstić information content (AvgIpc) is 2.56. The van der Waals surface area contributed by atoms with Gasteiger partial charge < -0.3 is 5.32 Å². The number of hydrogen-bond acceptors (Lipinski definition) is 4. The Labute approximate surface area is 158 Å². The number of aromatic nitrogens is 1. The minimum absolute atomic E-state index is 0.113. The lowest BCUT2D eigenvalue weighted by Crippen LogP contribution is -2.63. The van der Waals surface area contributed by atoms with Gasteiger partial charge in [0.2, 0.25) is 0 Å². The molecule has 1 aliphatic carbocycles. The van der Waals surface area contributed by atoms with Crippen LogP contribution < -0.4 is 16.2 Å². The fourth-order valence-electron chi connectivity index (χ4n) is 2.59. The third kappa shape index (κ3) is 3.93. The zero-order valence-electron chi connectivity index (χ0n) is 13.2. The minimum Gasteiger partial charge on any atom is -0.337 e. The Morgan fingerprint density at radius 1 is 1.20 bits per heavy atom. The molecule has 1 aromatic heterocycles. The maximum Gasteiger partial charge on any atom is 0.264 e. The average molecular weight is 424 g/mol. The largest absolute Gasteiger partial charge is 0.337 e. The van der Waals surface area contributed by atoms with Crippen molar-refractivity contribution in [1.29, 1.82) is 0 Å². The molecule has 1 aromatic carbocycles. The number of hydrogen-bond donors (Lipinski definition) is 3. The van der Waals surface area contributed by atoms with E-state index < -0.39 is 11.4 Å². The van der Waals surface area contributed by atoms with E-state index in [0.717, 1.165) is 16.6 Å². The van der Waals surface area contributed by atoms with Crippen LogP contribution in [0, 0.1) is 0 Å². The number of carbonyl (C=O) groups is 2. The van der Waals surface area contributed by atoms with Crippen molar-refractivity contribution < 1.29 is 9.59 Å². The van der Waals surface area contributed by atoms with Crippen LogP contribution in [0.3, 0.4) is 0 Å². The number of pyridine rings is 1. The van der Waals surface area contributed by atoms with E-state index in [0.29, 0.717) is 12.8 Å². The van der Waals surface area contributed by atoms with E-state index in [2.05, 4.69) is 37.1 Å². The zero-order valence-corrected chi connectivity index (χ0v) is 15.5. The van der Waals surface area contributed by atoms with Crippen LogP contribution in [0.1, 0.15) is 29.6 Å². The highest BCUT2D eigenvalue weighted by Gasteiger charge is 2.45. The Morgan fingerprint density at radius 2 is 2.00 bits per heavy atom. The predicted octanol–water partition coefficient (Wildman–Crippen LogP) is 3.29. The molecule has 25 heavy (non-hydrogen) atoms. The van der Waals surface area contributed by atoms with Crippen LogP contribution in [0.5, 0.6) is 0 Å². The van der Waals surface area contributed by atoms with Crippen molar-refractivity contribution in [3.63, 3.8) is 0 Å². The monoisotopic (exact) mass is 422 g/mol. The highest BCUT2D eigenvalue weighted by Crippen LogP contribution is 2.32. The van der Waals surface area contributed by atoms with E-state index in [1.807, 2.05) is 24.3 Å². The van der Waals surface area contributed by atoms with Crippen molar-refractivity contribution in [2.24, 2.45) is 0 Å². The fourth-order valence-corrected chi connectivity index (χ4v) is 3.20. The summed E-state index contributed by atoms with van der Waals surface area (Å²) >= 11 is 9.33. The molecule has 3 N–H and O–H groups in total. The molecule has 0 spiro atoms. The summed E-state index contributed by atoms with van der Waals surface area (Å²) in [4.78, 5) is 29.0. The number of rotatable bonds is 5. The van der Waals surface area contributed by atoms with Crippen molar-refractivity contribution in [1.82, 2.24) is 15.7 Å². The Bertz CT molecular complexity index is 811. The highest BCUT2D eigenvalue weighted by atomic mass is 79.9. The molecule has 130 valence electrons. The maximum atomic E-state index is 12.6. The summed E-state index contributed by atoms with van der Waals surface area (Å²) in [6.07, 6.45) is 3.52. The predicted molar refractivity (Wildman–Crippen MR) is 99.2 cm³/mol. The molecular weight excluding hydrogens is 408 g/mol. The lowest BCUT2D eigenvalue weighted by atomic mass is 9.76. The quantitative estimate of drug-likeness (QED) is 0.509. The molecule has 1 aliphatic rings. The van der Waals surface area contributed by atoms with Gasteiger partial charge in [-0.2, -0.15) is 0 Å². The van der Waals surface area contributed by atoms with E-state index in [1.54, 1.807) is 12.1 Å². The number of amides is 2. The topological polar surface area (TPSA) is 83.1 Å². The van der Waals surface area contributed by atoms with Crippen molar-refractivity contribution in [2.75, 3.05) is 5.43 Å². The van der Waals surface area contributed by atoms with Gasteiger partial charge in [-0.05, 0) is 49.6 Å². The van der Waals surface area contributed by atoms with Crippen molar-refractivity contribution in [3.8, 4) is 0 Å². The molecular formula is C17H16BrClN4O2. The molecule has 0 radical (unpaired) electrons. The van der Waals surface area contributed by atoms with Crippen molar-refractivity contribution in [2.45, 2.75) is 24.8 Å². The number of benzene rings is 1. The van der Waals surface area contributed by atoms with Crippen LogP contribution in [0.15, 0.2) is 47.1 Å². The highest BCUT2D eigenvalue weighted by molar-refractivity contribution is 9.10. The second kappa shape index (κ2) is 7.41. The summed E-state index contributed by atoms with van der Waals surface area (Å²) < 4.78 is 0.893. The first-order valence-corrected chi connectivity index (χ1v) is 8.92. The minimum atomic E-state index is -0.935. The summed E-state index contributed by atoms with van der Waals surface area (Å²) in [5, 5.41) is 2.92. The Hall–Kier alpha value is -2.12. The number of halogens is 2. The number of hydrazine groups is 1. The Kier molecular flexibility index (Phi) is 5.24. The SMILES string of the molecule is O=C(NC1(C(=O)NNc2cccc(Br)c2)CCC1)c1cccnc1Cl. The Morgan fingerprint density at radius 3 is 2.64 bits per heavy atom. The van der Waals surface area contributed by atoms with Gasteiger partial charge in [-0.15, -0.1) is 0 Å². The first kappa shape index (κ1) is 17.7. The molecule has 1 heterocycles. The lowest BCUT2D eigenvalue weighted by Gasteiger charge is -2.40. The van der Waals surface area contributed by atoms with Gasteiger partial charge in [0, 0.05) is 10.7 Å². The van der Waals surface area contributed by atoms with E-state index in [4.69, 9.17) is 11.6 Å². The van der Waals surface area contributed by atoms with E-state index in [-0.39, 0.29) is 16.6 Å². The van der Waals surface area contributed by atoms with Gasteiger partial charge in [-0.1, -0.05) is 33.6 Å². The molecule has 1 saturated carbocycles. The van der Waals surface area contributed by atoms with Crippen LogP contribution in [-0.4, -0.2) is 22.3 Å². The van der Waals surface area contributed by atoms with Gasteiger partial charge in [0.15, 0.2) is 0 Å². The molecule has 0 saturated heterocycles. The van der Waals surface area contributed by atoms with Crippen LogP contribution in [0.25, 0.3) is 0 Å². The standard InChI is InChI=1S/C17H16BrClN4O2/c18-11-4-1-5-12(10-11)22-23-16(25)17(7-3-8-17)21-15(24)13-6-2-9-20-14(13)19/h1-2,4-6,9-10,22H,3,7-8H2,(H,21,24)(H,23,25). The number of nitrogens with zero attached hydrogens (tertiary/aromatic N) is 1. The molecule has 2 amide bonds. The summed E-state index contributed by atoms with van der Waals surface area (Å²) in [6, 6.07) is 10.6. The smallest absolute Gasteiger partial charge is 0.264 e. The van der Waals surface area contributed by atoms with Gasteiger partial charge in [0.05, 0.1) is 11.3 Å². The maximum absolute atomic E-state index is 12.6. The molecule has 6 nitrogen and oxygen atoms in total. The van der Waals surface area contributed by atoms with Crippen LogP contribution in [-0.2, 0) is 4.79 Å². The normalized spacial score (nSPS) is 15.0. The molecule has 2 aromatic rings. The van der Waals surface area contributed by atoms with E-state index in [1.165, 1.54) is 6.20 Å². The number of carbonyl (C=O) groups excluding carboxylic acids is 2. The second-order valence-electron chi connectivity index (χ2n) is 5.82. The summed E-state index contributed by atoms with van der Waals surface area (Å²) in [6.45, 7) is 0. The van der Waals surface area contributed by atoms with E-state index >= 15 is 0 Å². The Balaban J connectivity index is 1.67. The number of nitrogens with one attached hydrogen (secondary N) is 3. The van der Waals surface area contributed by atoms with Crippen LogP contribution in [0.4, 0.5) is 5.69 Å². The second-order valence-corrected chi connectivity index (χ2v) is 7.09. The van der Waals surface area contributed by atoms with Gasteiger partial charge in [0.25, 0.3) is 11.8 Å². The lowest BCUT2D eigenvalue weighted by molar-refractivity contribution is -0.130. The summed E-state index contributed by atoms with van der Waals surface area (Å²) in [7, 11) is 0. The first-order chi connectivity index (χ1) is 12.0. The van der Waals surface area contributed by atoms with Gasteiger partial charge in [-0.3, -0.25) is 20.4 Å². The molecule has 0 bridgehead atoms. The third-order valence-electron chi connectivity index (χ3n) is 4.14. The molecule has 0 aliphatic heterocycles. The molecule has 0 atom stereocenters. The molecule has 3 rings (SSSR count). The first-order valence-electron chi connectivity index (χ1n) is 7.75. The van der Waals surface area contributed by atoms with Gasteiger partial charge in [0.1, 0.15) is 10.7 Å². The molecule has 1 fully saturated rings. The summed E-state index contributed by atoms with van der Waals surface area (Å²) in [5.74, 6) is -0.692. The van der Waals surface area contributed by atoms with Crippen molar-refractivity contribution in [3.05, 3.63) is 57.8 Å². The number of anilines is 1. The van der Waals surface area contributed by atoms with Crippen molar-refractivity contribution >= 4 is 45.0 Å². The molecule has 8 heteroatoms. The molecule has 0 unspecified atom stereocenters. The van der Waals surface area contributed by atoms with E-state index in [9.17, 15) is 9.59 Å². The third-order valence-corrected chi connectivity index (χ3v) is 4.94. The zero-order chi connectivity index (χ0) is 17.9. The fraction of sp³-hybridized carbons (Fsp3) is 0.235. The van der Waals surface area contributed by atoms with Crippen LogP contribution in [0.2, 0.25) is 5.15 Å². The van der Waals surface area contributed by atoms with Crippen LogP contribution >= 0.6 is 27.5 Å².